The molecule has 0 aliphatic heterocycles. The second kappa shape index (κ2) is 7.99. The van der Waals surface area contributed by atoms with Gasteiger partial charge >= 0.3 is 12.1 Å². The molecule has 26 heavy (non-hydrogen) atoms. The molecule has 0 saturated heterocycles. The van der Waals surface area contributed by atoms with Gasteiger partial charge in [-0.2, -0.15) is 0 Å². The van der Waals surface area contributed by atoms with Gasteiger partial charge in [0.25, 0.3) is 0 Å². The normalized spacial score (nSPS) is 12.7. The first-order valence-corrected chi connectivity index (χ1v) is 8.95. The lowest BCUT2D eigenvalue weighted by Crippen LogP contribution is -2.35. The number of hydrogen-bond acceptors (Lipinski definition) is 4. The number of nitrogens with one attached hydrogen (secondary N) is 1. The highest BCUT2D eigenvalue weighted by atomic mass is 35.5. The zero-order chi connectivity index (χ0) is 19.5. The van der Waals surface area contributed by atoms with Gasteiger partial charge in [-0.1, -0.05) is 17.7 Å². The number of ether oxygens (including phenoxy) is 2. The van der Waals surface area contributed by atoms with Crippen LogP contribution in [0.15, 0.2) is 24.3 Å². The fraction of sp³-hybridized carbons (Fsp3) is 0.474. The maximum atomic E-state index is 12.4. The lowest BCUT2D eigenvalue weighted by molar-refractivity contribution is 0.0512. The van der Waals surface area contributed by atoms with Gasteiger partial charge in [0.1, 0.15) is 11.3 Å². The Kier molecular flexibility index (Phi) is 6.18. The van der Waals surface area contributed by atoms with Gasteiger partial charge in [-0.15, -0.1) is 0 Å². The zero-order valence-corrected chi connectivity index (χ0v) is 16.5. The summed E-state index contributed by atoms with van der Waals surface area (Å²) >= 11 is 6.27. The molecule has 7 heteroatoms. The predicted octanol–water partition coefficient (Wildman–Crippen LogP) is 4.56. The van der Waals surface area contributed by atoms with Crippen LogP contribution >= 0.6 is 11.6 Å². The summed E-state index contributed by atoms with van der Waals surface area (Å²) in [5, 5.41) is 4.06. The molecule has 1 atom stereocenters. The summed E-state index contributed by atoms with van der Waals surface area (Å²) in [5.41, 5.74) is 0.629. The van der Waals surface area contributed by atoms with E-state index in [0.29, 0.717) is 10.7 Å². The van der Waals surface area contributed by atoms with Gasteiger partial charge in [-0.3, -0.25) is 0 Å². The van der Waals surface area contributed by atoms with E-state index in [9.17, 15) is 9.59 Å². The van der Waals surface area contributed by atoms with Crippen LogP contribution in [0.5, 0.6) is 0 Å². The molecule has 0 radical (unpaired) electrons. The van der Waals surface area contributed by atoms with Crippen LogP contribution in [0, 0.1) is 0 Å². The van der Waals surface area contributed by atoms with E-state index >= 15 is 0 Å². The average molecular weight is 381 g/mol. The Balaban J connectivity index is 2.31. The van der Waals surface area contributed by atoms with Crippen LogP contribution in [-0.4, -0.2) is 35.4 Å². The third kappa shape index (κ3) is 4.69. The molecular formula is C19H25ClN2O4. The molecule has 0 spiro atoms. The number of alkyl carbamates (subject to hydrolysis) is 1. The van der Waals surface area contributed by atoms with E-state index in [1.807, 2.05) is 23.6 Å². The molecule has 2 rings (SSSR count). The fourth-order valence-electron chi connectivity index (χ4n) is 2.69. The van der Waals surface area contributed by atoms with E-state index in [1.54, 1.807) is 39.8 Å². The summed E-state index contributed by atoms with van der Waals surface area (Å²) in [6.45, 7) is 9.63. The van der Waals surface area contributed by atoms with Crippen molar-refractivity contribution in [3.05, 3.63) is 35.0 Å². The smallest absolute Gasteiger partial charge is 0.407 e. The molecular weight excluding hydrogens is 356 g/mol. The molecule has 0 aliphatic rings. The van der Waals surface area contributed by atoms with Gasteiger partial charge in [-0.05, 0) is 52.8 Å². The molecule has 1 amide bonds. The monoisotopic (exact) mass is 380 g/mol. The number of rotatable bonds is 5. The van der Waals surface area contributed by atoms with Gasteiger partial charge in [0.15, 0.2) is 0 Å². The summed E-state index contributed by atoms with van der Waals surface area (Å²) in [6, 6.07) is 6.99. The van der Waals surface area contributed by atoms with Crippen molar-refractivity contribution in [2.45, 2.75) is 46.3 Å². The molecule has 0 aliphatic carbocycles. The van der Waals surface area contributed by atoms with E-state index in [1.165, 1.54) is 0 Å². The maximum Gasteiger partial charge on any atom is 0.407 e. The van der Waals surface area contributed by atoms with Gasteiger partial charge < -0.3 is 19.4 Å². The third-order valence-electron chi connectivity index (χ3n) is 3.70. The number of benzene rings is 1. The Morgan fingerprint density at radius 1 is 1.31 bits per heavy atom. The molecule has 1 aromatic heterocycles. The van der Waals surface area contributed by atoms with Crippen molar-refractivity contribution in [3.8, 4) is 0 Å². The van der Waals surface area contributed by atoms with Crippen molar-refractivity contribution in [1.82, 2.24) is 9.88 Å². The number of hydrogen-bond donors (Lipinski definition) is 1. The first-order chi connectivity index (χ1) is 12.1. The minimum Gasteiger partial charge on any atom is -0.461 e. The summed E-state index contributed by atoms with van der Waals surface area (Å²) in [4.78, 5) is 24.3. The predicted molar refractivity (Wildman–Crippen MR) is 102 cm³/mol. The Bertz CT molecular complexity index is 808. The first-order valence-electron chi connectivity index (χ1n) is 8.57. The number of aromatic nitrogens is 1. The summed E-state index contributed by atoms with van der Waals surface area (Å²) in [7, 11) is 0. The fourth-order valence-corrected chi connectivity index (χ4v) is 2.91. The van der Waals surface area contributed by atoms with E-state index in [2.05, 4.69) is 5.32 Å². The van der Waals surface area contributed by atoms with Crippen LogP contribution in [0.1, 0.15) is 51.1 Å². The Morgan fingerprint density at radius 3 is 2.62 bits per heavy atom. The van der Waals surface area contributed by atoms with Gasteiger partial charge in [-0.25, -0.2) is 9.59 Å². The van der Waals surface area contributed by atoms with Crippen LogP contribution in [0.3, 0.4) is 0 Å². The largest absolute Gasteiger partial charge is 0.461 e. The molecule has 1 aromatic carbocycles. The van der Waals surface area contributed by atoms with Crippen LogP contribution < -0.4 is 5.32 Å². The van der Waals surface area contributed by atoms with E-state index in [0.717, 1.165) is 10.9 Å². The van der Waals surface area contributed by atoms with Crippen LogP contribution in [0.2, 0.25) is 5.02 Å². The number of amides is 1. The highest BCUT2D eigenvalue weighted by molar-refractivity contribution is 6.35. The van der Waals surface area contributed by atoms with Crippen molar-refractivity contribution < 1.29 is 19.1 Å². The maximum absolute atomic E-state index is 12.4. The Morgan fingerprint density at radius 2 is 2.00 bits per heavy atom. The highest BCUT2D eigenvalue weighted by Gasteiger charge is 2.23. The van der Waals surface area contributed by atoms with E-state index < -0.39 is 17.7 Å². The third-order valence-corrected chi connectivity index (χ3v) is 4.03. The lowest BCUT2D eigenvalue weighted by atomic mass is 10.2. The van der Waals surface area contributed by atoms with Crippen LogP contribution in [-0.2, 0) is 9.47 Å². The molecule has 0 bridgehead atoms. The van der Waals surface area contributed by atoms with Crippen LogP contribution in [0.25, 0.3) is 10.9 Å². The van der Waals surface area contributed by atoms with Crippen molar-refractivity contribution in [3.63, 3.8) is 0 Å². The number of esters is 1. The standard InChI is InChI=1S/C19H25ClN2O4/c1-6-25-17(23)16-10-13-14(20)8-7-9-15(13)22(16)12(2)11-21-18(24)26-19(3,4)5/h7-10,12H,6,11H2,1-5H3,(H,21,24)/t12-/m1/s1. The second-order valence-corrected chi connectivity index (χ2v) is 7.43. The molecule has 6 nitrogen and oxygen atoms in total. The Labute approximate surface area is 158 Å². The van der Waals surface area contributed by atoms with Crippen molar-refractivity contribution in [2.24, 2.45) is 0 Å². The van der Waals surface area contributed by atoms with Gasteiger partial charge in [0, 0.05) is 23.0 Å². The topological polar surface area (TPSA) is 69.6 Å². The molecule has 1 N–H and O–H groups in total. The minimum absolute atomic E-state index is 0.210. The number of nitrogens with zero attached hydrogens (tertiary/aromatic N) is 1. The molecule has 0 saturated carbocycles. The number of carbonyl (C=O) groups excluding carboxylic acids is 2. The first kappa shape index (κ1) is 20.1. The minimum atomic E-state index is -0.572. The van der Waals surface area contributed by atoms with E-state index in [-0.39, 0.29) is 19.2 Å². The van der Waals surface area contributed by atoms with Gasteiger partial charge in [0.05, 0.1) is 12.1 Å². The molecule has 142 valence electrons. The molecule has 0 unspecified atom stereocenters. The molecule has 1 heterocycles. The number of carbonyl (C=O) groups is 2. The molecule has 2 aromatic rings. The van der Waals surface area contributed by atoms with Gasteiger partial charge in [0.2, 0.25) is 0 Å². The quantitative estimate of drug-likeness (QED) is 0.772. The summed E-state index contributed by atoms with van der Waals surface area (Å²) < 4.78 is 12.3. The second-order valence-electron chi connectivity index (χ2n) is 7.02. The highest BCUT2D eigenvalue weighted by Crippen LogP contribution is 2.30. The van der Waals surface area contributed by atoms with Crippen molar-refractivity contribution in [1.29, 1.82) is 0 Å². The summed E-state index contributed by atoms with van der Waals surface area (Å²) in [5.74, 6) is -0.427. The summed E-state index contributed by atoms with van der Waals surface area (Å²) in [6.07, 6.45) is -0.503. The lowest BCUT2D eigenvalue weighted by Gasteiger charge is -2.22. The molecule has 0 fully saturated rings. The SMILES string of the molecule is CCOC(=O)c1cc2c(Cl)cccc2n1[C@H](C)CNC(=O)OC(C)(C)C. The van der Waals surface area contributed by atoms with Crippen LogP contribution in [0.4, 0.5) is 4.79 Å². The zero-order valence-electron chi connectivity index (χ0n) is 15.8. The van der Waals surface area contributed by atoms with Crippen molar-refractivity contribution in [2.75, 3.05) is 13.2 Å². The Hall–Kier alpha value is -2.21. The van der Waals surface area contributed by atoms with E-state index in [4.69, 9.17) is 21.1 Å². The number of halogens is 1. The average Bonchev–Trinajstić information content (AvgIpc) is 2.92. The van der Waals surface area contributed by atoms with Crippen molar-refractivity contribution >= 4 is 34.6 Å². The number of fused-ring (bicyclic) bond motifs is 1.